The van der Waals surface area contributed by atoms with Crippen molar-refractivity contribution < 1.29 is 4.74 Å². The summed E-state index contributed by atoms with van der Waals surface area (Å²) < 4.78 is 6.03. The van der Waals surface area contributed by atoms with Crippen molar-refractivity contribution in [2.24, 2.45) is 0 Å². The lowest BCUT2D eigenvalue weighted by Crippen LogP contribution is -1.96. The van der Waals surface area contributed by atoms with Gasteiger partial charge in [-0.05, 0) is 30.2 Å². The Balaban J connectivity index is 2.02. The van der Waals surface area contributed by atoms with Crippen molar-refractivity contribution in [3.8, 4) is 5.75 Å². The molecule has 0 amide bonds. The Morgan fingerprint density at radius 3 is 2.80 bits per heavy atom. The fraction of sp³-hybridized carbons (Fsp3) is 0.200. The van der Waals surface area contributed by atoms with Gasteiger partial charge in [-0.3, -0.25) is 0 Å². The van der Waals surface area contributed by atoms with Crippen LogP contribution in [0.5, 0.6) is 5.75 Å². The minimum Gasteiger partial charge on any atom is -0.486 e. The lowest BCUT2D eigenvalue weighted by molar-refractivity contribution is 0.302. The molecular weight excluding hydrogens is 232 g/mol. The van der Waals surface area contributed by atoms with Gasteiger partial charge in [0, 0.05) is 0 Å². The summed E-state index contributed by atoms with van der Waals surface area (Å²) in [6.45, 7) is 2.41. The zero-order chi connectivity index (χ0) is 10.7. The highest BCUT2D eigenvalue weighted by Crippen LogP contribution is 2.20. The molecule has 1 aromatic heterocycles. The van der Waals surface area contributed by atoms with E-state index in [4.69, 9.17) is 16.3 Å². The zero-order valence-electron chi connectivity index (χ0n) is 8.11. The Hall–Kier alpha value is -1.13. The maximum atomic E-state index is 5.66. The Morgan fingerprint density at radius 2 is 2.13 bits per heavy atom. The molecule has 0 aliphatic heterocycles. The molecule has 0 spiro atoms. The molecule has 0 radical (unpaired) electrons. The SMILES string of the molecule is Cc1ccccc1OCc1nnc(Cl)s1. The van der Waals surface area contributed by atoms with Crippen molar-refractivity contribution in [2.75, 3.05) is 0 Å². The van der Waals surface area contributed by atoms with E-state index in [1.807, 2.05) is 31.2 Å². The molecule has 0 saturated heterocycles. The van der Waals surface area contributed by atoms with Crippen LogP contribution in [-0.2, 0) is 6.61 Å². The van der Waals surface area contributed by atoms with Gasteiger partial charge in [-0.1, -0.05) is 29.5 Å². The highest BCUT2D eigenvalue weighted by Gasteiger charge is 2.03. The Bertz CT molecular complexity index is 458. The summed E-state index contributed by atoms with van der Waals surface area (Å²) in [6.07, 6.45) is 0. The number of ether oxygens (including phenoxy) is 1. The van der Waals surface area contributed by atoms with Gasteiger partial charge >= 0.3 is 0 Å². The van der Waals surface area contributed by atoms with Crippen molar-refractivity contribution in [1.29, 1.82) is 0 Å². The summed E-state index contributed by atoms with van der Waals surface area (Å²) in [6, 6.07) is 7.85. The summed E-state index contributed by atoms with van der Waals surface area (Å²) in [7, 11) is 0. The second kappa shape index (κ2) is 4.59. The second-order valence-electron chi connectivity index (χ2n) is 3.00. The van der Waals surface area contributed by atoms with Crippen LogP contribution in [0.1, 0.15) is 10.6 Å². The van der Waals surface area contributed by atoms with Crippen LogP contribution in [0.25, 0.3) is 0 Å². The van der Waals surface area contributed by atoms with Gasteiger partial charge in [-0.2, -0.15) is 0 Å². The van der Waals surface area contributed by atoms with Gasteiger partial charge in [0.05, 0.1) is 0 Å². The van der Waals surface area contributed by atoms with Gasteiger partial charge in [0.1, 0.15) is 12.4 Å². The maximum absolute atomic E-state index is 5.66. The minimum absolute atomic E-state index is 0.412. The standard InChI is InChI=1S/C10H9ClN2OS/c1-7-4-2-3-5-8(7)14-6-9-12-13-10(11)15-9/h2-5H,6H2,1H3. The monoisotopic (exact) mass is 240 g/mol. The molecule has 1 heterocycles. The summed E-state index contributed by atoms with van der Waals surface area (Å²) in [4.78, 5) is 0. The Kier molecular flexibility index (Phi) is 3.18. The van der Waals surface area contributed by atoms with Crippen LogP contribution in [0, 0.1) is 6.92 Å². The summed E-state index contributed by atoms with van der Waals surface area (Å²) in [5.74, 6) is 0.865. The predicted octanol–water partition coefficient (Wildman–Crippen LogP) is 3.08. The topological polar surface area (TPSA) is 35.0 Å². The molecule has 0 unspecified atom stereocenters. The smallest absolute Gasteiger partial charge is 0.207 e. The van der Waals surface area contributed by atoms with Crippen molar-refractivity contribution in [2.45, 2.75) is 13.5 Å². The van der Waals surface area contributed by atoms with Gasteiger partial charge in [0.2, 0.25) is 4.47 Å². The molecular formula is C10H9ClN2OS. The normalized spacial score (nSPS) is 10.3. The first-order valence-electron chi connectivity index (χ1n) is 4.42. The van der Waals surface area contributed by atoms with Gasteiger partial charge < -0.3 is 4.74 Å². The number of aryl methyl sites for hydroxylation is 1. The Morgan fingerprint density at radius 1 is 1.33 bits per heavy atom. The first kappa shape index (κ1) is 10.4. The molecule has 0 aliphatic rings. The van der Waals surface area contributed by atoms with E-state index in [0.717, 1.165) is 16.3 Å². The molecule has 0 atom stereocenters. The molecule has 78 valence electrons. The largest absolute Gasteiger partial charge is 0.486 e. The van der Waals surface area contributed by atoms with E-state index in [9.17, 15) is 0 Å². The molecule has 2 rings (SSSR count). The third-order valence-corrected chi connectivity index (χ3v) is 2.88. The first-order valence-corrected chi connectivity index (χ1v) is 5.61. The van der Waals surface area contributed by atoms with Gasteiger partial charge in [0.25, 0.3) is 0 Å². The molecule has 0 aliphatic carbocycles. The molecule has 2 aromatic rings. The van der Waals surface area contributed by atoms with Crippen LogP contribution in [0.15, 0.2) is 24.3 Å². The summed E-state index contributed by atoms with van der Waals surface area (Å²) >= 11 is 6.99. The van der Waals surface area contributed by atoms with E-state index in [1.165, 1.54) is 11.3 Å². The number of nitrogens with zero attached hydrogens (tertiary/aromatic N) is 2. The third-order valence-electron chi connectivity index (χ3n) is 1.89. The Labute approximate surface area is 96.7 Å². The fourth-order valence-electron chi connectivity index (χ4n) is 1.15. The summed E-state index contributed by atoms with van der Waals surface area (Å²) in [5, 5.41) is 8.36. The van der Waals surface area contributed by atoms with Crippen molar-refractivity contribution in [1.82, 2.24) is 10.2 Å². The quantitative estimate of drug-likeness (QED) is 0.827. The third kappa shape index (κ3) is 2.67. The van der Waals surface area contributed by atoms with Gasteiger partial charge in [-0.15, -0.1) is 10.2 Å². The molecule has 0 N–H and O–H groups in total. The molecule has 5 heteroatoms. The van der Waals surface area contributed by atoms with E-state index in [2.05, 4.69) is 10.2 Å². The molecule has 3 nitrogen and oxygen atoms in total. The minimum atomic E-state index is 0.412. The first-order chi connectivity index (χ1) is 7.25. The maximum Gasteiger partial charge on any atom is 0.207 e. The zero-order valence-corrected chi connectivity index (χ0v) is 9.68. The molecule has 1 aromatic carbocycles. The molecule has 15 heavy (non-hydrogen) atoms. The lowest BCUT2D eigenvalue weighted by Gasteiger charge is -2.05. The van der Waals surface area contributed by atoms with E-state index < -0.39 is 0 Å². The number of hydrogen-bond acceptors (Lipinski definition) is 4. The van der Waals surface area contributed by atoms with E-state index >= 15 is 0 Å². The predicted molar refractivity (Wildman–Crippen MR) is 60.4 cm³/mol. The lowest BCUT2D eigenvalue weighted by atomic mass is 10.2. The highest BCUT2D eigenvalue weighted by atomic mass is 35.5. The average molecular weight is 241 g/mol. The number of aromatic nitrogens is 2. The average Bonchev–Trinajstić information content (AvgIpc) is 2.63. The number of halogens is 1. The van der Waals surface area contributed by atoms with Gasteiger partial charge in [-0.25, -0.2) is 0 Å². The van der Waals surface area contributed by atoms with E-state index in [0.29, 0.717) is 11.1 Å². The number of para-hydroxylation sites is 1. The van der Waals surface area contributed by atoms with Crippen molar-refractivity contribution in [3.63, 3.8) is 0 Å². The van der Waals surface area contributed by atoms with Gasteiger partial charge in [0.15, 0.2) is 5.01 Å². The van der Waals surface area contributed by atoms with Crippen LogP contribution in [0.3, 0.4) is 0 Å². The van der Waals surface area contributed by atoms with Crippen molar-refractivity contribution in [3.05, 3.63) is 39.3 Å². The van der Waals surface area contributed by atoms with Crippen molar-refractivity contribution >= 4 is 22.9 Å². The number of hydrogen-bond donors (Lipinski definition) is 0. The summed E-state index contributed by atoms with van der Waals surface area (Å²) in [5.41, 5.74) is 1.10. The highest BCUT2D eigenvalue weighted by molar-refractivity contribution is 7.15. The van der Waals surface area contributed by atoms with Crippen LogP contribution >= 0.6 is 22.9 Å². The number of rotatable bonds is 3. The molecule has 0 saturated carbocycles. The fourth-order valence-corrected chi connectivity index (χ4v) is 1.93. The van der Waals surface area contributed by atoms with Crippen LogP contribution in [0.4, 0.5) is 0 Å². The van der Waals surface area contributed by atoms with Crippen LogP contribution in [-0.4, -0.2) is 10.2 Å². The second-order valence-corrected chi connectivity index (χ2v) is 4.65. The molecule has 0 bridgehead atoms. The van der Waals surface area contributed by atoms with E-state index in [-0.39, 0.29) is 0 Å². The molecule has 0 fully saturated rings. The van der Waals surface area contributed by atoms with Crippen LogP contribution < -0.4 is 4.74 Å². The van der Waals surface area contributed by atoms with E-state index in [1.54, 1.807) is 0 Å². The van der Waals surface area contributed by atoms with Crippen LogP contribution in [0.2, 0.25) is 4.47 Å². The number of benzene rings is 1.